The van der Waals surface area contributed by atoms with E-state index in [1.807, 2.05) is 0 Å². The molecular weight excluding hydrogens is 436 g/mol. The fourth-order valence-corrected chi connectivity index (χ4v) is 3.58. The largest absolute Gasteiger partial charge is 0.493 e. The molecule has 31 heavy (non-hydrogen) atoms. The fraction of sp³-hybridized carbons (Fsp3) is 0.235. The van der Waals surface area contributed by atoms with Crippen LogP contribution in [0.1, 0.15) is 10.4 Å². The summed E-state index contributed by atoms with van der Waals surface area (Å²) in [5, 5.41) is 24.4. The van der Waals surface area contributed by atoms with E-state index in [-0.39, 0.29) is 35.0 Å². The summed E-state index contributed by atoms with van der Waals surface area (Å²) in [7, 11) is -1.48. The van der Waals surface area contributed by atoms with Gasteiger partial charge in [-0.15, -0.1) is 0 Å². The SMILES string of the molecule is COc1cc(C(=O)NCCNS(=O)(=O)c2cccc([N+](=O)[O-])c2)c([N+](=O)[O-])cc1OC. The number of ether oxygens (including phenoxy) is 2. The number of amides is 1. The van der Waals surface area contributed by atoms with Crippen molar-refractivity contribution in [1.29, 1.82) is 0 Å². The zero-order valence-corrected chi connectivity index (χ0v) is 17.2. The van der Waals surface area contributed by atoms with Gasteiger partial charge in [0.1, 0.15) is 5.56 Å². The first kappa shape index (κ1) is 23.5. The number of benzene rings is 2. The van der Waals surface area contributed by atoms with Crippen molar-refractivity contribution in [3.63, 3.8) is 0 Å². The van der Waals surface area contributed by atoms with Gasteiger partial charge in [-0.05, 0) is 6.07 Å². The Morgan fingerprint density at radius 1 is 1.00 bits per heavy atom. The van der Waals surface area contributed by atoms with Crippen LogP contribution in [0.4, 0.5) is 11.4 Å². The molecule has 2 rings (SSSR count). The molecule has 13 nitrogen and oxygen atoms in total. The molecule has 2 N–H and O–H groups in total. The van der Waals surface area contributed by atoms with Crippen molar-refractivity contribution in [3.05, 3.63) is 62.2 Å². The predicted octanol–water partition coefficient (Wildman–Crippen LogP) is 1.23. The Balaban J connectivity index is 2.08. The normalized spacial score (nSPS) is 10.9. The molecule has 1 amide bonds. The molecule has 0 aliphatic rings. The first-order valence-electron chi connectivity index (χ1n) is 8.53. The molecule has 0 aliphatic heterocycles. The van der Waals surface area contributed by atoms with Gasteiger partial charge in [-0.3, -0.25) is 25.0 Å². The number of non-ortho nitro benzene ring substituents is 1. The molecule has 2 aromatic carbocycles. The lowest BCUT2D eigenvalue weighted by molar-refractivity contribution is -0.385. The van der Waals surface area contributed by atoms with Crippen LogP contribution in [0, 0.1) is 20.2 Å². The van der Waals surface area contributed by atoms with E-state index < -0.39 is 37.2 Å². The topological polar surface area (TPSA) is 180 Å². The highest BCUT2D eigenvalue weighted by Crippen LogP contribution is 2.34. The van der Waals surface area contributed by atoms with Crippen LogP contribution in [0.2, 0.25) is 0 Å². The monoisotopic (exact) mass is 454 g/mol. The van der Waals surface area contributed by atoms with E-state index in [2.05, 4.69) is 10.0 Å². The number of methoxy groups -OCH3 is 2. The van der Waals surface area contributed by atoms with Crippen LogP contribution in [0.15, 0.2) is 41.3 Å². The summed E-state index contributed by atoms with van der Waals surface area (Å²) in [6, 6.07) is 6.63. The molecule has 0 radical (unpaired) electrons. The van der Waals surface area contributed by atoms with Crippen molar-refractivity contribution in [2.45, 2.75) is 4.90 Å². The van der Waals surface area contributed by atoms with Crippen LogP contribution >= 0.6 is 0 Å². The van der Waals surface area contributed by atoms with E-state index in [0.717, 1.165) is 24.3 Å². The maximum Gasteiger partial charge on any atom is 0.286 e. The molecule has 0 bridgehead atoms. The van der Waals surface area contributed by atoms with Crippen molar-refractivity contribution in [2.75, 3.05) is 27.3 Å². The van der Waals surface area contributed by atoms with Crippen molar-refractivity contribution in [1.82, 2.24) is 10.0 Å². The van der Waals surface area contributed by atoms with E-state index in [9.17, 15) is 33.4 Å². The number of nitrogens with zero attached hydrogens (tertiary/aromatic N) is 2. The minimum absolute atomic E-state index is 0.0652. The maximum atomic E-state index is 12.4. The predicted molar refractivity (Wildman–Crippen MR) is 107 cm³/mol. The third-order valence-electron chi connectivity index (χ3n) is 3.98. The van der Waals surface area contributed by atoms with E-state index >= 15 is 0 Å². The summed E-state index contributed by atoms with van der Waals surface area (Å²) < 4.78 is 36.7. The molecule has 2 aromatic rings. The second kappa shape index (κ2) is 9.82. The summed E-state index contributed by atoms with van der Waals surface area (Å²) >= 11 is 0. The Morgan fingerprint density at radius 2 is 1.65 bits per heavy atom. The van der Waals surface area contributed by atoms with Crippen molar-refractivity contribution in [3.8, 4) is 11.5 Å². The molecular formula is C17H18N4O9S. The highest BCUT2D eigenvalue weighted by molar-refractivity contribution is 7.89. The van der Waals surface area contributed by atoms with E-state index in [1.165, 1.54) is 26.4 Å². The molecule has 0 fully saturated rings. The molecule has 0 heterocycles. The second-order valence-electron chi connectivity index (χ2n) is 5.89. The maximum absolute atomic E-state index is 12.4. The molecule has 0 saturated heterocycles. The molecule has 0 unspecified atom stereocenters. The van der Waals surface area contributed by atoms with Crippen molar-refractivity contribution >= 4 is 27.3 Å². The number of hydrogen-bond donors (Lipinski definition) is 2. The Labute approximate surface area is 176 Å². The number of carbonyl (C=O) groups is 1. The minimum atomic E-state index is -4.07. The van der Waals surface area contributed by atoms with Crippen LogP contribution in [0.25, 0.3) is 0 Å². The van der Waals surface area contributed by atoms with Gasteiger partial charge >= 0.3 is 0 Å². The van der Waals surface area contributed by atoms with Crippen LogP contribution in [0.3, 0.4) is 0 Å². The molecule has 0 aromatic heterocycles. The average Bonchev–Trinajstić information content (AvgIpc) is 2.75. The van der Waals surface area contributed by atoms with Crippen molar-refractivity contribution in [2.24, 2.45) is 0 Å². The van der Waals surface area contributed by atoms with E-state index in [0.29, 0.717) is 0 Å². The fourth-order valence-electron chi connectivity index (χ4n) is 2.51. The van der Waals surface area contributed by atoms with Gasteiger partial charge in [-0.2, -0.15) is 0 Å². The Bertz CT molecular complexity index is 1120. The summed E-state index contributed by atoms with van der Waals surface area (Å²) in [4.78, 5) is 32.6. The van der Waals surface area contributed by atoms with Crippen LogP contribution in [-0.2, 0) is 10.0 Å². The Morgan fingerprint density at radius 3 is 2.23 bits per heavy atom. The quantitative estimate of drug-likeness (QED) is 0.303. The number of sulfonamides is 1. The van der Waals surface area contributed by atoms with E-state index in [1.54, 1.807) is 0 Å². The zero-order chi connectivity index (χ0) is 23.2. The van der Waals surface area contributed by atoms with Gasteiger partial charge in [0.15, 0.2) is 11.5 Å². The number of hydrogen-bond acceptors (Lipinski definition) is 9. The third-order valence-corrected chi connectivity index (χ3v) is 5.44. The highest BCUT2D eigenvalue weighted by atomic mass is 32.2. The van der Waals surface area contributed by atoms with Gasteiger partial charge in [-0.25, -0.2) is 13.1 Å². The van der Waals surface area contributed by atoms with Crippen molar-refractivity contribution < 1.29 is 32.5 Å². The lowest BCUT2D eigenvalue weighted by Gasteiger charge is -2.11. The minimum Gasteiger partial charge on any atom is -0.493 e. The van der Waals surface area contributed by atoms with Crippen LogP contribution < -0.4 is 19.5 Å². The smallest absolute Gasteiger partial charge is 0.286 e. The van der Waals surface area contributed by atoms with Gasteiger partial charge in [-0.1, -0.05) is 6.07 Å². The molecule has 0 spiro atoms. The van der Waals surface area contributed by atoms with Gasteiger partial charge in [0.05, 0.1) is 35.0 Å². The summed E-state index contributed by atoms with van der Waals surface area (Å²) in [5.41, 5.74) is -1.21. The van der Waals surface area contributed by atoms with Crippen LogP contribution in [-0.4, -0.2) is 51.5 Å². The first-order valence-corrected chi connectivity index (χ1v) is 10.0. The summed E-state index contributed by atoms with van der Waals surface area (Å²) in [6.45, 7) is -0.476. The zero-order valence-electron chi connectivity index (χ0n) is 16.4. The summed E-state index contributed by atoms with van der Waals surface area (Å²) in [5.74, 6) is -0.665. The Kier molecular flexibility index (Phi) is 7.44. The number of nitrogens with one attached hydrogen (secondary N) is 2. The molecule has 0 aliphatic carbocycles. The number of nitro benzene ring substituents is 2. The first-order chi connectivity index (χ1) is 14.6. The van der Waals surface area contributed by atoms with Gasteiger partial charge in [0, 0.05) is 31.3 Å². The van der Waals surface area contributed by atoms with Gasteiger partial charge in [0.25, 0.3) is 17.3 Å². The molecule has 0 atom stereocenters. The highest BCUT2D eigenvalue weighted by Gasteiger charge is 2.24. The third kappa shape index (κ3) is 5.64. The second-order valence-corrected chi connectivity index (χ2v) is 7.66. The molecule has 166 valence electrons. The number of carbonyl (C=O) groups excluding carboxylic acids is 1. The Hall–Kier alpha value is -3.78. The number of rotatable bonds is 10. The number of nitro groups is 2. The van der Waals surface area contributed by atoms with Gasteiger partial charge < -0.3 is 14.8 Å². The average molecular weight is 454 g/mol. The van der Waals surface area contributed by atoms with E-state index in [4.69, 9.17) is 9.47 Å². The lowest BCUT2D eigenvalue weighted by Crippen LogP contribution is -2.35. The van der Waals surface area contributed by atoms with Gasteiger partial charge in [0.2, 0.25) is 10.0 Å². The van der Waals surface area contributed by atoms with Crippen LogP contribution in [0.5, 0.6) is 11.5 Å². The molecule has 0 saturated carbocycles. The standard InChI is InChI=1S/C17H18N4O9S/c1-29-15-9-13(14(21(25)26)10-16(15)30-2)17(22)18-6-7-19-31(27,28)12-5-3-4-11(8-12)20(23)24/h3-5,8-10,19H,6-7H2,1-2H3,(H,18,22). The summed E-state index contributed by atoms with van der Waals surface area (Å²) in [6.07, 6.45) is 0. The lowest BCUT2D eigenvalue weighted by atomic mass is 10.1. The molecule has 14 heteroatoms.